The molecule has 0 bridgehead atoms. The Morgan fingerprint density at radius 3 is 2.83 bits per heavy atom. The van der Waals surface area contributed by atoms with Crippen molar-refractivity contribution in [1.29, 1.82) is 0 Å². The van der Waals surface area contributed by atoms with Gasteiger partial charge in [-0.05, 0) is 46.7 Å². The second-order valence-electron chi connectivity index (χ2n) is 2.49. The third-order valence-electron chi connectivity index (χ3n) is 1.50. The van der Waals surface area contributed by atoms with Crippen molar-refractivity contribution in [2.24, 2.45) is 0 Å². The van der Waals surface area contributed by atoms with Gasteiger partial charge in [0.05, 0.1) is 0 Å². The molecule has 0 unspecified atom stereocenters. The molecule has 0 saturated heterocycles. The second kappa shape index (κ2) is 4.54. The van der Waals surface area contributed by atoms with Gasteiger partial charge in [0.2, 0.25) is 0 Å². The van der Waals surface area contributed by atoms with Crippen LogP contribution < -0.4 is 0 Å². The molecule has 3 heteroatoms. The lowest BCUT2D eigenvalue weighted by atomic mass is 10.1. The van der Waals surface area contributed by atoms with Crippen LogP contribution in [0.1, 0.15) is 12.0 Å². The summed E-state index contributed by atoms with van der Waals surface area (Å²) in [7, 11) is 0. The molecule has 0 radical (unpaired) electrons. The van der Waals surface area contributed by atoms with Crippen molar-refractivity contribution in [3.63, 3.8) is 0 Å². The van der Waals surface area contributed by atoms with Crippen LogP contribution in [0.2, 0.25) is 0 Å². The zero-order valence-corrected chi connectivity index (χ0v) is 8.55. The molecule has 0 aliphatic heterocycles. The summed E-state index contributed by atoms with van der Waals surface area (Å²) in [5.74, 6) is -0.242. The topological polar surface area (TPSA) is 17.1 Å². The van der Waals surface area contributed by atoms with E-state index in [4.69, 9.17) is 0 Å². The molecule has 1 nitrogen and oxygen atoms in total. The quantitative estimate of drug-likeness (QED) is 0.613. The van der Waals surface area contributed by atoms with Gasteiger partial charge in [0.15, 0.2) is 3.79 Å². The van der Waals surface area contributed by atoms with E-state index in [0.29, 0.717) is 12.8 Å². The number of hydrogen-bond acceptors (Lipinski definition) is 1. The Kier molecular flexibility index (Phi) is 3.65. The normalized spacial score (nSPS) is 9.83. The van der Waals surface area contributed by atoms with Crippen LogP contribution in [-0.4, -0.2) is 3.79 Å². The Bertz CT molecular complexity index is 286. The van der Waals surface area contributed by atoms with Gasteiger partial charge in [-0.3, -0.25) is 4.79 Å². The molecule has 0 spiro atoms. The van der Waals surface area contributed by atoms with E-state index in [0.717, 1.165) is 5.56 Å². The van der Waals surface area contributed by atoms with E-state index in [9.17, 15) is 9.18 Å². The third-order valence-corrected chi connectivity index (χ3v) is 2.04. The fraction of sp³-hybridized carbons (Fsp3) is 0.222. The summed E-state index contributed by atoms with van der Waals surface area (Å²) in [4.78, 5) is 10.6. The minimum Gasteiger partial charge on any atom is -0.288 e. The monoisotopic (exact) mass is 278 g/mol. The molecule has 0 heterocycles. The molecule has 0 amide bonds. The van der Waals surface area contributed by atoms with Crippen LogP contribution in [0.5, 0.6) is 0 Å². The van der Waals surface area contributed by atoms with Gasteiger partial charge in [0, 0.05) is 6.42 Å². The first-order valence-electron chi connectivity index (χ1n) is 3.61. The van der Waals surface area contributed by atoms with Crippen LogP contribution in [0.25, 0.3) is 0 Å². The average molecular weight is 278 g/mol. The van der Waals surface area contributed by atoms with Crippen LogP contribution >= 0.6 is 22.6 Å². The van der Waals surface area contributed by atoms with Crippen LogP contribution in [0.4, 0.5) is 4.39 Å². The number of carbonyl (C=O) groups is 1. The number of benzene rings is 1. The minimum atomic E-state index is -0.242. The molecule has 0 aliphatic carbocycles. The van der Waals surface area contributed by atoms with Gasteiger partial charge in [-0.25, -0.2) is 4.39 Å². The maximum absolute atomic E-state index is 12.6. The second-order valence-corrected chi connectivity index (χ2v) is 3.69. The van der Waals surface area contributed by atoms with Gasteiger partial charge in [0.1, 0.15) is 5.82 Å². The molecular formula is C9H8FIO. The van der Waals surface area contributed by atoms with Crippen LogP contribution in [0.15, 0.2) is 24.3 Å². The number of halogens is 2. The Morgan fingerprint density at radius 1 is 1.50 bits per heavy atom. The summed E-state index contributed by atoms with van der Waals surface area (Å²) in [6.07, 6.45) is 1.10. The fourth-order valence-corrected chi connectivity index (χ4v) is 1.20. The maximum Gasteiger partial charge on any atom is 0.192 e. The van der Waals surface area contributed by atoms with Gasteiger partial charge >= 0.3 is 0 Å². The number of hydrogen-bond donors (Lipinski definition) is 0. The summed E-state index contributed by atoms with van der Waals surface area (Å²) in [5, 5.41) is 0. The number of rotatable bonds is 3. The van der Waals surface area contributed by atoms with E-state index < -0.39 is 0 Å². The Balaban J connectivity index is 2.57. The van der Waals surface area contributed by atoms with E-state index in [1.165, 1.54) is 12.1 Å². The van der Waals surface area contributed by atoms with Crippen molar-refractivity contribution in [1.82, 2.24) is 0 Å². The number of aryl methyl sites for hydroxylation is 1. The van der Waals surface area contributed by atoms with Gasteiger partial charge < -0.3 is 0 Å². The van der Waals surface area contributed by atoms with Crippen molar-refractivity contribution in [3.05, 3.63) is 35.6 Å². The van der Waals surface area contributed by atoms with Gasteiger partial charge in [0.25, 0.3) is 0 Å². The summed E-state index contributed by atoms with van der Waals surface area (Å²) >= 11 is 1.75. The van der Waals surface area contributed by atoms with Crippen LogP contribution in [0, 0.1) is 5.82 Å². The first-order valence-corrected chi connectivity index (χ1v) is 4.69. The summed E-state index contributed by atoms with van der Waals surface area (Å²) in [5.41, 5.74) is 0.875. The van der Waals surface area contributed by atoms with E-state index >= 15 is 0 Å². The highest BCUT2D eigenvalue weighted by atomic mass is 127. The van der Waals surface area contributed by atoms with Crippen molar-refractivity contribution in [2.45, 2.75) is 12.8 Å². The molecule has 0 aliphatic rings. The van der Waals surface area contributed by atoms with E-state index in [-0.39, 0.29) is 9.61 Å². The Hall–Kier alpha value is -0.450. The summed E-state index contributed by atoms with van der Waals surface area (Å²) < 4.78 is 12.7. The predicted octanol–water partition coefficient (Wildman–Crippen LogP) is 2.72. The smallest absolute Gasteiger partial charge is 0.192 e. The van der Waals surface area contributed by atoms with E-state index in [1.54, 1.807) is 28.7 Å². The molecule has 1 aromatic carbocycles. The van der Waals surface area contributed by atoms with Gasteiger partial charge in [-0.15, -0.1) is 0 Å². The lowest BCUT2D eigenvalue weighted by Crippen LogP contribution is -1.91. The number of carbonyl (C=O) groups excluding carboxylic acids is 1. The standard InChI is InChI=1S/C9H8FIO/c10-8-3-1-2-7(6-8)4-5-9(11)12/h1-3,6H,4-5H2. The van der Waals surface area contributed by atoms with Crippen molar-refractivity contribution < 1.29 is 9.18 Å². The molecule has 0 atom stereocenters. The zero-order chi connectivity index (χ0) is 8.97. The largest absolute Gasteiger partial charge is 0.288 e. The molecule has 0 aromatic heterocycles. The summed E-state index contributed by atoms with van der Waals surface area (Å²) in [6, 6.07) is 6.33. The zero-order valence-electron chi connectivity index (χ0n) is 6.39. The van der Waals surface area contributed by atoms with Gasteiger partial charge in [-0.1, -0.05) is 12.1 Å². The van der Waals surface area contributed by atoms with E-state index in [1.807, 2.05) is 6.07 Å². The Labute approximate surface area is 84.1 Å². The summed E-state index contributed by atoms with van der Waals surface area (Å²) in [6.45, 7) is 0. The Morgan fingerprint density at radius 2 is 2.25 bits per heavy atom. The first kappa shape index (κ1) is 9.64. The fourth-order valence-electron chi connectivity index (χ4n) is 0.935. The molecule has 64 valence electrons. The molecule has 0 saturated carbocycles. The lowest BCUT2D eigenvalue weighted by molar-refractivity contribution is -0.109. The van der Waals surface area contributed by atoms with Crippen LogP contribution in [-0.2, 0) is 11.2 Å². The molecule has 0 N–H and O–H groups in total. The van der Waals surface area contributed by atoms with Crippen molar-refractivity contribution in [3.8, 4) is 0 Å². The SMILES string of the molecule is O=C(I)CCc1cccc(F)c1. The van der Waals surface area contributed by atoms with Crippen LogP contribution in [0.3, 0.4) is 0 Å². The average Bonchev–Trinajstić information content (AvgIpc) is 2.01. The predicted molar refractivity (Wildman–Crippen MR) is 53.7 cm³/mol. The lowest BCUT2D eigenvalue weighted by Gasteiger charge is -1.97. The third kappa shape index (κ3) is 3.30. The maximum atomic E-state index is 12.6. The van der Waals surface area contributed by atoms with Crippen molar-refractivity contribution in [2.75, 3.05) is 0 Å². The highest BCUT2D eigenvalue weighted by Crippen LogP contribution is 2.07. The molecule has 0 fully saturated rings. The first-order chi connectivity index (χ1) is 5.68. The minimum absolute atomic E-state index is 0.108. The van der Waals surface area contributed by atoms with Gasteiger partial charge in [-0.2, -0.15) is 0 Å². The highest BCUT2D eigenvalue weighted by Gasteiger charge is 1.98. The molecule has 12 heavy (non-hydrogen) atoms. The highest BCUT2D eigenvalue weighted by molar-refractivity contribution is 14.1. The van der Waals surface area contributed by atoms with Crippen molar-refractivity contribution >= 4 is 26.4 Å². The molecular weight excluding hydrogens is 270 g/mol. The molecule has 1 rings (SSSR count). The van der Waals surface area contributed by atoms with E-state index in [2.05, 4.69) is 0 Å². The molecule has 1 aromatic rings.